The number of carbonyl (C=O) groups is 2. The standard InChI is InChI=1S/C9H12BrNO3.C4F6O3/c1-13-9(14-2)6-3-7(10)8(5-12)11-4-6;5-3(6,7)1(11)13-2(12)4(8,9)10/h3-4,9,12H,5H2,1-2H3;. The van der Waals surface area contributed by atoms with Crippen LogP contribution in [0.15, 0.2) is 16.7 Å². The van der Waals surface area contributed by atoms with Gasteiger partial charge < -0.3 is 19.3 Å². The smallest absolute Gasteiger partial charge is 0.390 e. The maximum atomic E-state index is 11.2. The van der Waals surface area contributed by atoms with Crippen molar-refractivity contribution in [2.45, 2.75) is 25.2 Å². The number of halogens is 7. The van der Waals surface area contributed by atoms with Crippen molar-refractivity contribution in [3.63, 3.8) is 0 Å². The monoisotopic (exact) mass is 471 g/mol. The van der Waals surface area contributed by atoms with Crippen molar-refractivity contribution in [3.8, 4) is 0 Å². The van der Waals surface area contributed by atoms with E-state index in [1.165, 1.54) is 0 Å². The van der Waals surface area contributed by atoms with E-state index in [9.17, 15) is 35.9 Å². The zero-order chi connectivity index (χ0) is 21.4. The molecule has 1 aromatic rings. The zero-order valence-electron chi connectivity index (χ0n) is 13.5. The number of nitrogens with zero attached hydrogens (tertiary/aromatic N) is 1. The van der Waals surface area contributed by atoms with Gasteiger partial charge in [0, 0.05) is 30.5 Å². The van der Waals surface area contributed by atoms with Crippen LogP contribution >= 0.6 is 15.9 Å². The Bertz CT molecular complexity index is 623. The average Bonchev–Trinajstić information content (AvgIpc) is 2.55. The lowest BCUT2D eigenvalue weighted by Crippen LogP contribution is -2.34. The maximum Gasteiger partial charge on any atom is 0.491 e. The van der Waals surface area contributed by atoms with Gasteiger partial charge in [0.2, 0.25) is 0 Å². The highest BCUT2D eigenvalue weighted by Crippen LogP contribution is 2.23. The van der Waals surface area contributed by atoms with Crippen molar-refractivity contribution in [1.29, 1.82) is 0 Å². The number of carbonyl (C=O) groups excluding carboxylic acids is 2. The van der Waals surface area contributed by atoms with E-state index in [2.05, 4.69) is 25.7 Å². The molecule has 0 fully saturated rings. The molecule has 7 nitrogen and oxygen atoms in total. The van der Waals surface area contributed by atoms with Crippen molar-refractivity contribution in [2.75, 3.05) is 14.2 Å². The Hall–Kier alpha value is -1.77. The summed E-state index contributed by atoms with van der Waals surface area (Å²) < 4.78 is 80.6. The van der Waals surface area contributed by atoms with E-state index in [-0.39, 0.29) is 6.61 Å². The predicted octanol–water partition coefficient (Wildman–Crippen LogP) is 2.81. The van der Waals surface area contributed by atoms with Gasteiger partial charge in [0.15, 0.2) is 6.29 Å². The largest absolute Gasteiger partial charge is 0.491 e. The summed E-state index contributed by atoms with van der Waals surface area (Å²) in [6.45, 7) is -0.0918. The number of aromatic nitrogens is 1. The summed E-state index contributed by atoms with van der Waals surface area (Å²) >= 11 is 3.30. The molecule has 1 rings (SSSR count). The number of alkyl halides is 6. The van der Waals surface area contributed by atoms with Crippen molar-refractivity contribution in [2.24, 2.45) is 0 Å². The van der Waals surface area contributed by atoms with Gasteiger partial charge in [-0.25, -0.2) is 9.59 Å². The van der Waals surface area contributed by atoms with Crippen LogP contribution in [0, 0.1) is 0 Å². The molecule has 0 bridgehead atoms. The highest BCUT2D eigenvalue weighted by molar-refractivity contribution is 9.10. The first-order valence-corrected chi connectivity index (χ1v) is 7.28. The van der Waals surface area contributed by atoms with Crippen LogP contribution in [0.2, 0.25) is 0 Å². The molecular formula is C13H12BrF6NO6. The quantitative estimate of drug-likeness (QED) is 0.312. The minimum atomic E-state index is -5.62. The number of ether oxygens (including phenoxy) is 3. The Morgan fingerprint density at radius 2 is 1.56 bits per heavy atom. The molecule has 154 valence electrons. The molecule has 0 amide bonds. The molecule has 0 unspecified atom stereocenters. The number of aliphatic hydroxyl groups is 1. The van der Waals surface area contributed by atoms with Crippen LogP contribution in [0.3, 0.4) is 0 Å². The fraction of sp³-hybridized carbons (Fsp3) is 0.462. The number of rotatable bonds is 4. The lowest BCUT2D eigenvalue weighted by atomic mass is 10.2. The van der Waals surface area contributed by atoms with Gasteiger partial charge in [-0.05, 0) is 22.0 Å². The topological polar surface area (TPSA) is 95.0 Å². The Labute approximate surface area is 156 Å². The number of methoxy groups -OCH3 is 2. The summed E-state index contributed by atoms with van der Waals surface area (Å²) in [6, 6.07) is 1.82. The van der Waals surface area contributed by atoms with Crippen molar-refractivity contribution in [1.82, 2.24) is 4.98 Å². The molecule has 0 radical (unpaired) electrons. The van der Waals surface area contributed by atoms with E-state index in [0.717, 1.165) is 10.0 Å². The molecule has 0 saturated heterocycles. The second-order valence-electron chi connectivity index (χ2n) is 4.33. The van der Waals surface area contributed by atoms with Crippen molar-refractivity contribution in [3.05, 3.63) is 28.0 Å². The molecule has 0 saturated carbocycles. The summed E-state index contributed by atoms with van der Waals surface area (Å²) in [7, 11) is 3.12. The van der Waals surface area contributed by atoms with Gasteiger partial charge in [-0.15, -0.1) is 0 Å². The summed E-state index contributed by atoms with van der Waals surface area (Å²) in [5.41, 5.74) is 1.40. The highest BCUT2D eigenvalue weighted by Gasteiger charge is 2.49. The molecule has 0 aliphatic rings. The van der Waals surface area contributed by atoms with Crippen LogP contribution in [-0.4, -0.2) is 48.6 Å². The minimum Gasteiger partial charge on any atom is -0.390 e. The number of aliphatic hydroxyl groups excluding tert-OH is 1. The zero-order valence-corrected chi connectivity index (χ0v) is 15.1. The van der Waals surface area contributed by atoms with Gasteiger partial charge in [0.25, 0.3) is 0 Å². The normalized spacial score (nSPS) is 11.7. The molecule has 1 heterocycles. The van der Waals surface area contributed by atoms with Crippen LogP contribution < -0.4 is 0 Å². The minimum absolute atomic E-state index is 0.0918. The van der Waals surface area contributed by atoms with Crippen molar-refractivity contribution >= 4 is 27.9 Å². The molecule has 0 aromatic carbocycles. The van der Waals surface area contributed by atoms with Crippen LogP contribution in [-0.2, 0) is 30.4 Å². The molecule has 27 heavy (non-hydrogen) atoms. The Kier molecular flexibility index (Phi) is 9.84. The number of hydrogen-bond donors (Lipinski definition) is 1. The van der Waals surface area contributed by atoms with Gasteiger partial charge in [0.05, 0.1) is 12.3 Å². The molecule has 0 spiro atoms. The van der Waals surface area contributed by atoms with Gasteiger partial charge in [-0.2, -0.15) is 26.3 Å². The van der Waals surface area contributed by atoms with Crippen LogP contribution in [0.4, 0.5) is 26.3 Å². The van der Waals surface area contributed by atoms with E-state index >= 15 is 0 Å². The summed E-state index contributed by atoms with van der Waals surface area (Å²) in [4.78, 5) is 23.4. The van der Waals surface area contributed by atoms with Crippen molar-refractivity contribution < 1.29 is 55.2 Å². The molecule has 1 N–H and O–H groups in total. The third-order valence-electron chi connectivity index (χ3n) is 2.44. The SMILES string of the molecule is COC(OC)c1cnc(CO)c(Br)c1.O=C(OC(=O)C(F)(F)F)C(F)(F)F. The molecule has 0 atom stereocenters. The lowest BCUT2D eigenvalue weighted by Gasteiger charge is -2.13. The number of pyridine rings is 1. The maximum absolute atomic E-state index is 11.2. The molecule has 14 heteroatoms. The van der Waals surface area contributed by atoms with E-state index in [4.69, 9.17) is 14.6 Å². The van der Waals surface area contributed by atoms with Gasteiger partial charge in [-0.3, -0.25) is 4.98 Å². The number of hydrogen-bond acceptors (Lipinski definition) is 7. The Morgan fingerprint density at radius 3 is 1.85 bits per heavy atom. The summed E-state index contributed by atoms with van der Waals surface area (Å²) in [6.07, 6.45) is -10.1. The van der Waals surface area contributed by atoms with Gasteiger partial charge in [0.1, 0.15) is 0 Å². The van der Waals surface area contributed by atoms with E-state index in [1.807, 2.05) is 6.07 Å². The predicted molar refractivity (Wildman–Crippen MR) is 77.8 cm³/mol. The lowest BCUT2D eigenvalue weighted by molar-refractivity contribution is -0.221. The highest BCUT2D eigenvalue weighted by atomic mass is 79.9. The number of esters is 2. The van der Waals surface area contributed by atoms with Crippen LogP contribution in [0.25, 0.3) is 0 Å². The molecule has 1 aromatic heterocycles. The van der Waals surface area contributed by atoms with Crippen LogP contribution in [0.5, 0.6) is 0 Å². The first kappa shape index (κ1) is 25.2. The molecular weight excluding hydrogens is 460 g/mol. The Balaban J connectivity index is 0.000000503. The fourth-order valence-corrected chi connectivity index (χ4v) is 1.79. The second kappa shape index (κ2) is 10.5. The third-order valence-corrected chi connectivity index (χ3v) is 3.12. The second-order valence-corrected chi connectivity index (χ2v) is 5.19. The first-order chi connectivity index (χ1) is 12.3. The van der Waals surface area contributed by atoms with E-state index < -0.39 is 30.6 Å². The molecule has 0 aliphatic heterocycles. The van der Waals surface area contributed by atoms with Crippen LogP contribution in [0.1, 0.15) is 17.5 Å². The van der Waals surface area contributed by atoms with E-state index in [0.29, 0.717) is 5.69 Å². The van der Waals surface area contributed by atoms with Gasteiger partial charge in [-0.1, -0.05) is 0 Å². The summed E-state index contributed by atoms with van der Waals surface area (Å²) in [5.74, 6) is -6.40. The fourth-order valence-electron chi connectivity index (χ4n) is 1.29. The Morgan fingerprint density at radius 1 is 1.11 bits per heavy atom. The van der Waals surface area contributed by atoms with Gasteiger partial charge >= 0.3 is 24.3 Å². The summed E-state index contributed by atoms with van der Waals surface area (Å²) in [5, 5.41) is 8.91. The first-order valence-electron chi connectivity index (χ1n) is 6.48. The average molecular weight is 472 g/mol. The van der Waals surface area contributed by atoms with E-state index in [1.54, 1.807) is 20.4 Å². The third kappa shape index (κ3) is 8.64. The molecule has 0 aliphatic carbocycles.